The smallest absolute Gasteiger partial charge is 0.221 e. The van der Waals surface area contributed by atoms with Crippen molar-refractivity contribution in [3.05, 3.63) is 48.2 Å². The van der Waals surface area contributed by atoms with E-state index in [0.717, 1.165) is 48.8 Å². The quantitative estimate of drug-likeness (QED) is 0.428. The molecule has 0 unspecified atom stereocenters. The van der Waals surface area contributed by atoms with Gasteiger partial charge in [-0.2, -0.15) is 0 Å². The number of carbonyl (C=O) groups is 1. The van der Waals surface area contributed by atoms with E-state index >= 15 is 0 Å². The van der Waals surface area contributed by atoms with Crippen LogP contribution in [0.1, 0.15) is 32.3 Å². The highest BCUT2D eigenvalue weighted by Gasteiger charge is 2.06. The van der Waals surface area contributed by atoms with Crippen LogP contribution < -0.4 is 16.0 Å². The van der Waals surface area contributed by atoms with Gasteiger partial charge in [0, 0.05) is 29.9 Å². The number of nitrogens with one attached hydrogen (secondary N) is 4. The second-order valence-corrected chi connectivity index (χ2v) is 6.65. The first-order valence-corrected chi connectivity index (χ1v) is 9.48. The van der Waals surface area contributed by atoms with Crippen molar-refractivity contribution in [1.29, 1.82) is 0 Å². The summed E-state index contributed by atoms with van der Waals surface area (Å²) in [5, 5.41) is 10.7. The molecule has 3 aromatic rings. The van der Waals surface area contributed by atoms with Crippen LogP contribution in [0.15, 0.2) is 42.6 Å². The summed E-state index contributed by atoms with van der Waals surface area (Å²) >= 11 is 0. The Balaban J connectivity index is 1.66. The number of nitrogens with zero attached hydrogens (tertiary/aromatic N) is 1. The predicted molar refractivity (Wildman–Crippen MR) is 112 cm³/mol. The zero-order valence-electron chi connectivity index (χ0n) is 15.9. The van der Waals surface area contributed by atoms with Gasteiger partial charge in [-0.25, -0.2) is 4.98 Å². The van der Waals surface area contributed by atoms with Gasteiger partial charge in [0.25, 0.3) is 0 Å². The zero-order valence-corrected chi connectivity index (χ0v) is 15.9. The van der Waals surface area contributed by atoms with Crippen LogP contribution in [0.2, 0.25) is 0 Å². The second-order valence-electron chi connectivity index (χ2n) is 6.65. The van der Waals surface area contributed by atoms with Crippen LogP contribution in [-0.2, 0) is 11.2 Å². The number of hydrogen-bond donors (Lipinski definition) is 4. The number of H-pyrrole nitrogens is 1. The van der Waals surface area contributed by atoms with Gasteiger partial charge in [0.2, 0.25) is 5.91 Å². The molecule has 0 radical (unpaired) electrons. The Bertz CT molecular complexity index is 902. The molecule has 27 heavy (non-hydrogen) atoms. The molecule has 0 atom stereocenters. The Hall–Kier alpha value is -2.86. The van der Waals surface area contributed by atoms with E-state index in [-0.39, 0.29) is 5.91 Å². The van der Waals surface area contributed by atoms with Gasteiger partial charge in [-0.05, 0) is 68.2 Å². The molecule has 0 bridgehead atoms. The Morgan fingerprint density at radius 3 is 2.81 bits per heavy atom. The Morgan fingerprint density at radius 2 is 2.00 bits per heavy atom. The summed E-state index contributed by atoms with van der Waals surface area (Å²) in [6.45, 7) is 5.80. The fraction of sp³-hybridized carbons (Fsp3) is 0.333. The van der Waals surface area contributed by atoms with Gasteiger partial charge >= 0.3 is 0 Å². The number of carbonyl (C=O) groups excluding carboxylic acids is 1. The molecule has 6 heteroatoms. The van der Waals surface area contributed by atoms with Crippen molar-refractivity contribution >= 4 is 34.1 Å². The lowest BCUT2D eigenvalue weighted by atomic mass is 10.1. The topological polar surface area (TPSA) is 81.8 Å². The first-order valence-electron chi connectivity index (χ1n) is 9.48. The van der Waals surface area contributed by atoms with Crippen LogP contribution >= 0.6 is 0 Å². The maximum atomic E-state index is 11.2. The molecule has 0 fully saturated rings. The number of aryl methyl sites for hydroxylation is 1. The normalized spacial score (nSPS) is 10.9. The lowest BCUT2D eigenvalue weighted by Crippen LogP contribution is -2.16. The van der Waals surface area contributed by atoms with Crippen LogP contribution in [0.4, 0.5) is 17.2 Å². The molecular weight excluding hydrogens is 338 g/mol. The summed E-state index contributed by atoms with van der Waals surface area (Å²) in [4.78, 5) is 19.2. The molecule has 0 saturated carbocycles. The monoisotopic (exact) mass is 365 g/mol. The van der Waals surface area contributed by atoms with Crippen LogP contribution in [0.25, 0.3) is 11.0 Å². The van der Waals surface area contributed by atoms with Crippen molar-refractivity contribution in [2.45, 2.75) is 33.1 Å². The highest BCUT2D eigenvalue weighted by Crippen LogP contribution is 2.23. The second kappa shape index (κ2) is 9.19. The fourth-order valence-corrected chi connectivity index (χ4v) is 3.07. The van der Waals surface area contributed by atoms with E-state index in [2.05, 4.69) is 45.1 Å². The number of fused-ring (bicyclic) bond motifs is 1. The van der Waals surface area contributed by atoms with Gasteiger partial charge in [-0.15, -0.1) is 0 Å². The highest BCUT2D eigenvalue weighted by atomic mass is 16.1. The maximum absolute atomic E-state index is 11.2. The number of benzene rings is 1. The highest BCUT2D eigenvalue weighted by molar-refractivity contribution is 5.89. The molecule has 3 rings (SSSR count). The van der Waals surface area contributed by atoms with E-state index < -0.39 is 0 Å². The maximum Gasteiger partial charge on any atom is 0.221 e. The zero-order chi connectivity index (χ0) is 19.1. The Labute approximate surface area is 159 Å². The van der Waals surface area contributed by atoms with Crippen LogP contribution in [0.3, 0.4) is 0 Å². The molecule has 2 heterocycles. The number of hydrogen-bond acceptors (Lipinski definition) is 4. The van der Waals surface area contributed by atoms with Crippen molar-refractivity contribution < 1.29 is 4.79 Å². The SMILES string of the molecule is CCCNCCCc1c[nH]c2nc(Nc3cccc(NC(C)=O)c3)ccc12. The van der Waals surface area contributed by atoms with Gasteiger partial charge in [-0.3, -0.25) is 4.79 Å². The number of pyridine rings is 1. The van der Waals surface area contributed by atoms with Crippen molar-refractivity contribution in [1.82, 2.24) is 15.3 Å². The van der Waals surface area contributed by atoms with Crippen molar-refractivity contribution in [2.24, 2.45) is 0 Å². The van der Waals surface area contributed by atoms with E-state index in [1.54, 1.807) is 0 Å². The number of anilines is 3. The molecule has 2 aromatic heterocycles. The lowest BCUT2D eigenvalue weighted by molar-refractivity contribution is -0.114. The summed E-state index contributed by atoms with van der Waals surface area (Å²) in [7, 11) is 0. The summed E-state index contributed by atoms with van der Waals surface area (Å²) < 4.78 is 0. The standard InChI is InChI=1S/C21H27N5O/c1-3-11-22-12-5-6-16-14-23-21-19(16)9-10-20(26-21)25-18-8-4-7-17(13-18)24-15(2)27/h4,7-10,13-14,22H,3,5-6,11-12H2,1-2H3,(H,24,27)(H2,23,25,26). The molecule has 0 aliphatic rings. The number of rotatable bonds is 9. The summed E-state index contributed by atoms with van der Waals surface area (Å²) in [5.41, 5.74) is 3.82. The molecule has 6 nitrogen and oxygen atoms in total. The van der Waals surface area contributed by atoms with Crippen LogP contribution in [-0.4, -0.2) is 29.0 Å². The van der Waals surface area contributed by atoms with Crippen LogP contribution in [0.5, 0.6) is 0 Å². The molecule has 1 amide bonds. The molecular formula is C21H27N5O. The third kappa shape index (κ3) is 5.31. The Morgan fingerprint density at radius 1 is 1.15 bits per heavy atom. The van der Waals surface area contributed by atoms with Gasteiger partial charge < -0.3 is 20.9 Å². The third-order valence-electron chi connectivity index (χ3n) is 4.31. The molecule has 0 spiro atoms. The first kappa shape index (κ1) is 18.9. The minimum absolute atomic E-state index is 0.0875. The minimum atomic E-state index is -0.0875. The Kier molecular flexibility index (Phi) is 6.44. The van der Waals surface area contributed by atoms with Crippen LogP contribution in [0, 0.1) is 0 Å². The largest absolute Gasteiger partial charge is 0.346 e. The molecule has 0 saturated heterocycles. The average Bonchev–Trinajstić information content (AvgIpc) is 3.03. The molecule has 142 valence electrons. The van der Waals surface area contributed by atoms with Crippen molar-refractivity contribution in [3.8, 4) is 0 Å². The van der Waals surface area contributed by atoms with E-state index in [9.17, 15) is 4.79 Å². The van der Waals surface area contributed by atoms with E-state index in [4.69, 9.17) is 0 Å². The summed E-state index contributed by atoms with van der Waals surface area (Å²) in [6.07, 6.45) is 5.37. The van der Waals surface area contributed by atoms with Gasteiger partial charge in [0.15, 0.2) is 0 Å². The summed E-state index contributed by atoms with van der Waals surface area (Å²) in [6, 6.07) is 11.7. The fourth-order valence-electron chi connectivity index (χ4n) is 3.07. The minimum Gasteiger partial charge on any atom is -0.346 e. The summed E-state index contributed by atoms with van der Waals surface area (Å²) in [5.74, 6) is 0.677. The third-order valence-corrected chi connectivity index (χ3v) is 4.31. The average molecular weight is 365 g/mol. The van der Waals surface area contributed by atoms with Crippen molar-refractivity contribution in [2.75, 3.05) is 23.7 Å². The first-order chi connectivity index (χ1) is 13.2. The number of amides is 1. The molecule has 1 aromatic carbocycles. The van der Waals surface area contributed by atoms with Gasteiger partial charge in [-0.1, -0.05) is 13.0 Å². The number of aromatic nitrogens is 2. The van der Waals surface area contributed by atoms with E-state index in [0.29, 0.717) is 0 Å². The molecule has 4 N–H and O–H groups in total. The van der Waals surface area contributed by atoms with E-state index in [1.807, 2.05) is 30.3 Å². The lowest BCUT2D eigenvalue weighted by Gasteiger charge is -2.08. The molecule has 0 aliphatic heterocycles. The van der Waals surface area contributed by atoms with E-state index in [1.165, 1.54) is 24.3 Å². The van der Waals surface area contributed by atoms with Gasteiger partial charge in [0.05, 0.1) is 0 Å². The molecule has 0 aliphatic carbocycles. The number of aromatic amines is 1. The van der Waals surface area contributed by atoms with Crippen molar-refractivity contribution in [3.63, 3.8) is 0 Å². The predicted octanol–water partition coefficient (Wildman–Crippen LogP) is 4.20. The van der Waals surface area contributed by atoms with Gasteiger partial charge in [0.1, 0.15) is 11.5 Å².